The molecule has 1 aromatic rings. The van der Waals surface area contributed by atoms with Crippen LogP contribution in [0.3, 0.4) is 0 Å². The number of rotatable bonds is 6. The van der Waals surface area contributed by atoms with Crippen LogP contribution in [0.2, 0.25) is 0 Å². The van der Waals surface area contributed by atoms with Crippen LogP contribution in [0.25, 0.3) is 0 Å². The highest BCUT2D eigenvalue weighted by atomic mass is 32.1. The van der Waals surface area contributed by atoms with E-state index in [1.807, 2.05) is 0 Å². The van der Waals surface area contributed by atoms with Gasteiger partial charge in [-0.3, -0.25) is 4.99 Å². The van der Waals surface area contributed by atoms with E-state index < -0.39 is 0 Å². The highest BCUT2D eigenvalue weighted by molar-refractivity contribution is 7.09. The molecule has 2 rings (SSSR count). The van der Waals surface area contributed by atoms with Crippen LogP contribution in [0.1, 0.15) is 50.2 Å². The molecule has 2 heterocycles. The first kappa shape index (κ1) is 17.3. The summed E-state index contributed by atoms with van der Waals surface area (Å²) < 4.78 is 0. The van der Waals surface area contributed by atoms with E-state index in [2.05, 4.69) is 41.4 Å². The third-order valence-corrected chi connectivity index (χ3v) is 5.04. The normalized spacial score (nSPS) is 19.5. The number of likely N-dealkylation sites (tertiary alicyclic amines) is 1. The highest BCUT2D eigenvalue weighted by Crippen LogP contribution is 2.15. The van der Waals surface area contributed by atoms with Crippen molar-refractivity contribution in [2.24, 2.45) is 10.9 Å². The fourth-order valence-corrected chi connectivity index (χ4v) is 3.72. The molecule has 0 amide bonds. The molecule has 22 heavy (non-hydrogen) atoms. The molecule has 1 unspecified atom stereocenters. The van der Waals surface area contributed by atoms with E-state index in [0.717, 1.165) is 56.6 Å². The maximum absolute atomic E-state index is 4.82. The molecule has 1 atom stereocenters. The van der Waals surface area contributed by atoms with Crippen molar-refractivity contribution in [1.82, 2.24) is 15.2 Å². The lowest BCUT2D eigenvalue weighted by Gasteiger charge is -2.33. The molecule has 4 nitrogen and oxygen atoms in total. The van der Waals surface area contributed by atoms with Crippen LogP contribution in [-0.4, -0.2) is 42.0 Å². The van der Waals surface area contributed by atoms with E-state index in [0.29, 0.717) is 0 Å². The smallest absolute Gasteiger partial charge is 0.193 e. The molecule has 1 saturated heterocycles. The van der Waals surface area contributed by atoms with Crippen molar-refractivity contribution in [3.8, 4) is 0 Å². The number of piperidine rings is 1. The zero-order valence-corrected chi connectivity index (χ0v) is 15.1. The van der Waals surface area contributed by atoms with Gasteiger partial charge in [-0.2, -0.15) is 0 Å². The lowest BCUT2D eigenvalue weighted by Crippen LogP contribution is -2.46. The van der Waals surface area contributed by atoms with Gasteiger partial charge in [-0.25, -0.2) is 4.98 Å². The second-order valence-corrected chi connectivity index (χ2v) is 7.21. The van der Waals surface area contributed by atoms with Crippen LogP contribution in [-0.2, 0) is 6.42 Å². The summed E-state index contributed by atoms with van der Waals surface area (Å²) in [5, 5.41) is 6.85. The molecule has 1 N–H and O–H groups in total. The summed E-state index contributed by atoms with van der Waals surface area (Å²) in [4.78, 5) is 11.8. The summed E-state index contributed by atoms with van der Waals surface area (Å²) >= 11 is 1.78. The molecule has 5 heteroatoms. The van der Waals surface area contributed by atoms with Crippen LogP contribution in [0.15, 0.2) is 10.4 Å². The highest BCUT2D eigenvalue weighted by Gasteiger charge is 2.18. The van der Waals surface area contributed by atoms with Crippen molar-refractivity contribution in [3.05, 3.63) is 16.1 Å². The number of hydrogen-bond acceptors (Lipinski definition) is 3. The third kappa shape index (κ3) is 5.59. The minimum Gasteiger partial charge on any atom is -0.357 e. The maximum atomic E-state index is 4.82. The van der Waals surface area contributed by atoms with Gasteiger partial charge in [0, 0.05) is 37.3 Å². The van der Waals surface area contributed by atoms with Crippen molar-refractivity contribution in [2.45, 2.75) is 52.9 Å². The van der Waals surface area contributed by atoms with Crippen molar-refractivity contribution < 1.29 is 0 Å². The number of aliphatic imine (C=N–C) groups is 1. The Balaban J connectivity index is 1.74. The molecule has 0 bridgehead atoms. The first-order chi connectivity index (χ1) is 10.7. The summed E-state index contributed by atoms with van der Waals surface area (Å²) in [6, 6.07) is 0. The van der Waals surface area contributed by atoms with Gasteiger partial charge in [0.05, 0.1) is 5.01 Å². The fourth-order valence-electron chi connectivity index (χ4n) is 2.90. The van der Waals surface area contributed by atoms with Gasteiger partial charge in [-0.15, -0.1) is 11.3 Å². The van der Waals surface area contributed by atoms with Gasteiger partial charge in [0.1, 0.15) is 0 Å². The molecule has 1 aliphatic heterocycles. The largest absolute Gasteiger partial charge is 0.357 e. The summed E-state index contributed by atoms with van der Waals surface area (Å²) in [5.74, 6) is 1.89. The Bertz CT molecular complexity index is 469. The average molecular weight is 323 g/mol. The second kappa shape index (κ2) is 9.13. The number of aromatic nitrogens is 1. The zero-order chi connectivity index (χ0) is 15.8. The number of unbranched alkanes of at least 4 members (excludes halogenated alkanes) is 1. The van der Waals surface area contributed by atoms with E-state index in [1.165, 1.54) is 24.3 Å². The van der Waals surface area contributed by atoms with Gasteiger partial charge in [0.25, 0.3) is 0 Å². The van der Waals surface area contributed by atoms with Gasteiger partial charge in [0.15, 0.2) is 5.96 Å². The van der Waals surface area contributed by atoms with Crippen LogP contribution in [0, 0.1) is 12.8 Å². The van der Waals surface area contributed by atoms with Crippen LogP contribution in [0.4, 0.5) is 0 Å². The molecular formula is C17H30N4S. The van der Waals surface area contributed by atoms with Gasteiger partial charge in [0.2, 0.25) is 0 Å². The first-order valence-electron chi connectivity index (χ1n) is 8.63. The number of thiazole rings is 1. The van der Waals surface area contributed by atoms with Crippen LogP contribution < -0.4 is 5.32 Å². The van der Waals surface area contributed by atoms with Crippen molar-refractivity contribution in [1.29, 1.82) is 0 Å². The second-order valence-electron chi connectivity index (χ2n) is 6.27. The molecule has 0 aromatic carbocycles. The quantitative estimate of drug-likeness (QED) is 0.495. The van der Waals surface area contributed by atoms with Crippen molar-refractivity contribution >= 4 is 17.3 Å². The molecule has 124 valence electrons. The number of aryl methyl sites for hydroxylation is 2. The molecule has 0 radical (unpaired) electrons. The van der Waals surface area contributed by atoms with E-state index in [-0.39, 0.29) is 0 Å². The molecule has 0 spiro atoms. The van der Waals surface area contributed by atoms with E-state index in [1.54, 1.807) is 11.3 Å². The summed E-state index contributed by atoms with van der Waals surface area (Å²) in [5.41, 5.74) is 1.15. The number of hydrogen-bond donors (Lipinski definition) is 1. The monoisotopic (exact) mass is 322 g/mol. The molecule has 0 aliphatic carbocycles. The Morgan fingerprint density at radius 2 is 2.36 bits per heavy atom. The molecule has 1 aromatic heterocycles. The lowest BCUT2D eigenvalue weighted by molar-refractivity contribution is 0.266. The molecule has 0 saturated carbocycles. The average Bonchev–Trinajstić information content (AvgIpc) is 2.91. The Morgan fingerprint density at radius 1 is 1.50 bits per heavy atom. The number of guanidine groups is 1. The van der Waals surface area contributed by atoms with Crippen LogP contribution >= 0.6 is 11.3 Å². The van der Waals surface area contributed by atoms with E-state index >= 15 is 0 Å². The van der Waals surface area contributed by atoms with Crippen molar-refractivity contribution in [3.63, 3.8) is 0 Å². The summed E-state index contributed by atoms with van der Waals surface area (Å²) in [6.45, 7) is 10.7. The van der Waals surface area contributed by atoms with E-state index in [4.69, 9.17) is 4.99 Å². The summed E-state index contributed by atoms with van der Waals surface area (Å²) in [7, 11) is 0. The van der Waals surface area contributed by atoms with E-state index in [9.17, 15) is 0 Å². The minimum absolute atomic E-state index is 0.783. The first-order valence-corrected chi connectivity index (χ1v) is 9.51. The third-order valence-electron chi connectivity index (χ3n) is 4.02. The Morgan fingerprint density at radius 3 is 3.05 bits per heavy atom. The number of nitrogens with zero attached hydrogens (tertiary/aromatic N) is 3. The topological polar surface area (TPSA) is 40.5 Å². The van der Waals surface area contributed by atoms with Crippen molar-refractivity contribution in [2.75, 3.05) is 26.2 Å². The maximum Gasteiger partial charge on any atom is 0.193 e. The fraction of sp³-hybridized carbons (Fsp3) is 0.765. The molecular weight excluding hydrogens is 292 g/mol. The summed E-state index contributed by atoms with van der Waals surface area (Å²) in [6.07, 6.45) is 6.03. The Kier molecular flexibility index (Phi) is 7.16. The van der Waals surface area contributed by atoms with Gasteiger partial charge >= 0.3 is 0 Å². The molecule has 1 aliphatic rings. The zero-order valence-electron chi connectivity index (χ0n) is 14.3. The lowest BCUT2D eigenvalue weighted by atomic mass is 10.0. The van der Waals surface area contributed by atoms with Gasteiger partial charge < -0.3 is 10.2 Å². The predicted octanol–water partition coefficient (Wildman–Crippen LogP) is 3.47. The van der Waals surface area contributed by atoms with Crippen LogP contribution in [0.5, 0.6) is 0 Å². The Labute approximate surface area is 139 Å². The number of nitrogens with one attached hydrogen (secondary N) is 1. The molecule has 1 fully saturated rings. The van der Waals surface area contributed by atoms with Gasteiger partial charge in [-0.05, 0) is 51.9 Å². The minimum atomic E-state index is 0.783. The van der Waals surface area contributed by atoms with Gasteiger partial charge in [-0.1, -0.05) is 6.92 Å². The predicted molar refractivity (Wildman–Crippen MR) is 95.7 cm³/mol. The SMILES string of the molecule is CCNC(=NCCCCc1nc(C)cs1)N1CCCC(C)C1. The Hall–Kier alpha value is -1.10. The standard InChI is InChI=1S/C17H30N4S/c1-4-18-17(21-11-7-8-14(2)12-21)19-10-6-5-9-16-20-15(3)13-22-16/h13-14H,4-12H2,1-3H3,(H,18,19).